The molecular formula is C22H20N6O2. The Kier molecular flexibility index (Phi) is 5.21. The Morgan fingerprint density at radius 2 is 1.90 bits per heavy atom. The molecule has 8 nitrogen and oxygen atoms in total. The van der Waals surface area contributed by atoms with Crippen LogP contribution in [0.1, 0.15) is 12.5 Å². The Balaban J connectivity index is 1.83. The van der Waals surface area contributed by atoms with Crippen molar-refractivity contribution in [2.45, 2.75) is 13.8 Å². The summed E-state index contributed by atoms with van der Waals surface area (Å²) >= 11 is 0. The minimum absolute atomic E-state index is 0.132. The van der Waals surface area contributed by atoms with E-state index >= 15 is 0 Å². The molecule has 0 bridgehead atoms. The first-order valence-electron chi connectivity index (χ1n) is 9.53. The van der Waals surface area contributed by atoms with E-state index in [2.05, 4.69) is 20.3 Å². The lowest BCUT2D eigenvalue weighted by Gasteiger charge is -2.22. The van der Waals surface area contributed by atoms with Gasteiger partial charge in [0.2, 0.25) is 11.6 Å². The molecule has 0 atom stereocenters. The maximum atomic E-state index is 12.1. The molecule has 0 aliphatic rings. The third kappa shape index (κ3) is 3.62. The average Bonchev–Trinajstić information content (AvgIpc) is 2.75. The van der Waals surface area contributed by atoms with Gasteiger partial charge in [0.15, 0.2) is 0 Å². The lowest BCUT2D eigenvalue weighted by molar-refractivity contribution is -0.383. The quantitative estimate of drug-likeness (QED) is 0.353. The smallest absolute Gasteiger partial charge is 0.334 e. The molecule has 0 aliphatic heterocycles. The SMILES string of the molecule is CCN(c1cccc(C)c1)c1ncnc(Nc2cccc3ncccc23)c1[N+](=O)[O-]. The van der Waals surface area contributed by atoms with Gasteiger partial charge < -0.3 is 10.2 Å². The largest absolute Gasteiger partial charge is 0.354 e. The van der Waals surface area contributed by atoms with E-state index in [-0.39, 0.29) is 17.3 Å². The molecule has 2 aromatic carbocycles. The van der Waals surface area contributed by atoms with E-state index in [1.54, 1.807) is 6.20 Å². The molecule has 0 spiro atoms. The molecule has 2 aromatic heterocycles. The number of fused-ring (bicyclic) bond motifs is 1. The summed E-state index contributed by atoms with van der Waals surface area (Å²) in [6.45, 7) is 4.42. The molecule has 0 fully saturated rings. The van der Waals surface area contributed by atoms with Crippen LogP contribution in [0.5, 0.6) is 0 Å². The van der Waals surface area contributed by atoms with Gasteiger partial charge in [-0.05, 0) is 55.8 Å². The monoisotopic (exact) mass is 400 g/mol. The standard InChI is InChI=1S/C22H20N6O2/c1-3-27(16-8-4-7-15(2)13-16)22-20(28(29)30)21(24-14-25-22)26-19-11-5-10-18-17(19)9-6-12-23-18/h4-14H,3H2,1-2H3,(H,24,25,26). The summed E-state index contributed by atoms with van der Waals surface area (Å²) in [5, 5.41) is 16.0. The lowest BCUT2D eigenvalue weighted by atomic mass is 10.2. The van der Waals surface area contributed by atoms with Gasteiger partial charge in [0, 0.05) is 29.5 Å². The van der Waals surface area contributed by atoms with E-state index < -0.39 is 4.92 Å². The van der Waals surface area contributed by atoms with Crippen molar-refractivity contribution in [2.24, 2.45) is 0 Å². The van der Waals surface area contributed by atoms with Crippen LogP contribution >= 0.6 is 0 Å². The molecule has 0 amide bonds. The molecule has 4 aromatic rings. The third-order valence-electron chi connectivity index (χ3n) is 4.77. The van der Waals surface area contributed by atoms with E-state index in [1.165, 1.54) is 6.33 Å². The number of hydrogen-bond donors (Lipinski definition) is 1. The molecule has 150 valence electrons. The van der Waals surface area contributed by atoms with Crippen LogP contribution in [0.4, 0.5) is 28.7 Å². The van der Waals surface area contributed by atoms with E-state index in [9.17, 15) is 10.1 Å². The van der Waals surface area contributed by atoms with Gasteiger partial charge >= 0.3 is 5.69 Å². The van der Waals surface area contributed by atoms with E-state index in [4.69, 9.17) is 0 Å². The number of aromatic nitrogens is 3. The van der Waals surface area contributed by atoms with Crippen LogP contribution in [0.2, 0.25) is 0 Å². The number of aryl methyl sites for hydroxylation is 1. The molecule has 0 saturated heterocycles. The van der Waals surface area contributed by atoms with Gasteiger partial charge in [-0.2, -0.15) is 0 Å². The van der Waals surface area contributed by atoms with E-state index in [0.717, 1.165) is 22.2 Å². The van der Waals surface area contributed by atoms with E-state index in [0.29, 0.717) is 12.2 Å². The molecule has 30 heavy (non-hydrogen) atoms. The van der Waals surface area contributed by atoms with Crippen molar-refractivity contribution < 1.29 is 4.92 Å². The Morgan fingerprint density at radius 1 is 1.07 bits per heavy atom. The normalized spacial score (nSPS) is 10.7. The highest BCUT2D eigenvalue weighted by Crippen LogP contribution is 2.37. The van der Waals surface area contributed by atoms with Gasteiger partial charge in [-0.3, -0.25) is 15.1 Å². The number of anilines is 4. The molecular weight excluding hydrogens is 380 g/mol. The Bertz CT molecular complexity index is 1220. The first-order chi connectivity index (χ1) is 14.6. The van der Waals surface area contributed by atoms with Crippen molar-refractivity contribution in [3.8, 4) is 0 Å². The summed E-state index contributed by atoms with van der Waals surface area (Å²) in [7, 11) is 0. The minimum Gasteiger partial charge on any atom is -0.334 e. The molecule has 8 heteroatoms. The molecule has 0 saturated carbocycles. The number of nitro groups is 1. The summed E-state index contributed by atoms with van der Waals surface area (Å²) in [6.07, 6.45) is 3.05. The molecule has 1 N–H and O–H groups in total. The molecule has 0 unspecified atom stereocenters. The highest BCUT2D eigenvalue weighted by Gasteiger charge is 2.27. The molecule has 2 heterocycles. The third-order valence-corrected chi connectivity index (χ3v) is 4.77. The number of rotatable bonds is 6. The second-order valence-corrected chi connectivity index (χ2v) is 6.74. The zero-order valence-electron chi connectivity index (χ0n) is 16.6. The van der Waals surface area contributed by atoms with Crippen LogP contribution in [0.3, 0.4) is 0 Å². The van der Waals surface area contributed by atoms with Crippen LogP contribution in [-0.4, -0.2) is 26.4 Å². The van der Waals surface area contributed by atoms with Gasteiger partial charge in [-0.1, -0.05) is 18.2 Å². The average molecular weight is 400 g/mol. The zero-order valence-corrected chi connectivity index (χ0v) is 16.6. The Labute approximate surface area is 173 Å². The number of nitrogens with zero attached hydrogens (tertiary/aromatic N) is 5. The van der Waals surface area contributed by atoms with Gasteiger partial charge in [0.05, 0.1) is 10.4 Å². The minimum atomic E-state index is -0.445. The highest BCUT2D eigenvalue weighted by atomic mass is 16.6. The molecule has 0 radical (unpaired) electrons. The second-order valence-electron chi connectivity index (χ2n) is 6.74. The number of pyridine rings is 1. The number of hydrogen-bond acceptors (Lipinski definition) is 7. The molecule has 4 rings (SSSR count). The van der Waals surface area contributed by atoms with Crippen LogP contribution in [0.15, 0.2) is 67.1 Å². The summed E-state index contributed by atoms with van der Waals surface area (Å²) < 4.78 is 0. The maximum absolute atomic E-state index is 12.1. The van der Waals surface area contributed by atoms with Gasteiger partial charge in [-0.25, -0.2) is 9.97 Å². The fraction of sp³-hybridized carbons (Fsp3) is 0.136. The van der Waals surface area contributed by atoms with Crippen molar-refractivity contribution in [1.29, 1.82) is 0 Å². The first-order valence-corrected chi connectivity index (χ1v) is 9.53. The first kappa shape index (κ1) is 19.3. The van der Waals surface area contributed by atoms with Crippen LogP contribution in [0.25, 0.3) is 10.9 Å². The predicted molar refractivity (Wildman–Crippen MR) is 118 cm³/mol. The van der Waals surface area contributed by atoms with Crippen molar-refractivity contribution in [2.75, 3.05) is 16.8 Å². The maximum Gasteiger partial charge on any atom is 0.354 e. The van der Waals surface area contributed by atoms with Crippen molar-refractivity contribution in [1.82, 2.24) is 15.0 Å². The summed E-state index contributed by atoms with van der Waals surface area (Å²) in [5.41, 5.74) is 3.19. The summed E-state index contributed by atoms with van der Waals surface area (Å²) in [4.78, 5) is 26.2. The topological polar surface area (TPSA) is 97.1 Å². The predicted octanol–water partition coefficient (Wildman–Crippen LogP) is 5.14. The fourth-order valence-electron chi connectivity index (χ4n) is 3.42. The number of nitrogens with one attached hydrogen (secondary N) is 1. The fourth-order valence-corrected chi connectivity index (χ4v) is 3.42. The van der Waals surface area contributed by atoms with Crippen LogP contribution in [0, 0.1) is 17.0 Å². The van der Waals surface area contributed by atoms with Crippen LogP contribution in [-0.2, 0) is 0 Å². The van der Waals surface area contributed by atoms with Crippen molar-refractivity contribution >= 4 is 39.6 Å². The Morgan fingerprint density at radius 3 is 2.67 bits per heavy atom. The van der Waals surface area contributed by atoms with Crippen LogP contribution < -0.4 is 10.2 Å². The van der Waals surface area contributed by atoms with Crippen molar-refractivity contribution in [3.63, 3.8) is 0 Å². The summed E-state index contributed by atoms with van der Waals surface area (Å²) in [5.74, 6) is 0.372. The lowest BCUT2D eigenvalue weighted by Crippen LogP contribution is -2.20. The highest BCUT2D eigenvalue weighted by molar-refractivity contribution is 5.94. The zero-order chi connectivity index (χ0) is 21.1. The molecule has 0 aliphatic carbocycles. The van der Waals surface area contributed by atoms with Crippen molar-refractivity contribution in [3.05, 3.63) is 82.8 Å². The summed E-state index contributed by atoms with van der Waals surface area (Å²) in [6, 6.07) is 17.1. The van der Waals surface area contributed by atoms with Gasteiger partial charge in [0.1, 0.15) is 6.33 Å². The second kappa shape index (κ2) is 8.12. The van der Waals surface area contributed by atoms with Gasteiger partial charge in [-0.15, -0.1) is 0 Å². The Hall–Kier alpha value is -4.07. The number of benzene rings is 2. The van der Waals surface area contributed by atoms with E-state index in [1.807, 2.05) is 73.3 Å². The van der Waals surface area contributed by atoms with Gasteiger partial charge in [0.25, 0.3) is 0 Å².